The number of hydrogen-bond acceptors (Lipinski definition) is 5. The van der Waals surface area contributed by atoms with Crippen LogP contribution in [0.1, 0.15) is 17.4 Å². The number of hydrogen-bond donors (Lipinski definition) is 2. The predicted molar refractivity (Wildman–Crippen MR) is 66.5 cm³/mol. The van der Waals surface area contributed by atoms with Crippen LogP contribution in [0, 0.1) is 5.92 Å². The van der Waals surface area contributed by atoms with Gasteiger partial charge >= 0.3 is 5.97 Å². The zero-order valence-corrected chi connectivity index (χ0v) is 10.4. The van der Waals surface area contributed by atoms with Gasteiger partial charge in [-0.25, -0.2) is 9.48 Å². The average Bonchev–Trinajstić information content (AvgIpc) is 2.83. The summed E-state index contributed by atoms with van der Waals surface area (Å²) in [5, 5.41) is 25.8. The van der Waals surface area contributed by atoms with Gasteiger partial charge in [-0.05, 0) is 18.1 Å². The minimum absolute atomic E-state index is 0.00193. The van der Waals surface area contributed by atoms with Crippen LogP contribution in [-0.4, -0.2) is 42.8 Å². The van der Waals surface area contributed by atoms with Crippen molar-refractivity contribution in [3.63, 3.8) is 0 Å². The van der Waals surface area contributed by atoms with Crippen LogP contribution in [0.15, 0.2) is 24.5 Å². The van der Waals surface area contributed by atoms with Gasteiger partial charge in [0.1, 0.15) is 5.69 Å². The number of aromatic nitrogens is 4. The van der Waals surface area contributed by atoms with Crippen LogP contribution in [0.5, 0.6) is 0 Å². The van der Waals surface area contributed by atoms with Crippen LogP contribution in [0.3, 0.4) is 0 Å². The zero-order chi connectivity index (χ0) is 13.8. The van der Waals surface area contributed by atoms with Crippen LogP contribution in [0.25, 0.3) is 11.3 Å². The third-order valence-corrected chi connectivity index (χ3v) is 2.69. The predicted octanol–water partition coefficient (Wildman–Crippen LogP) is 0.667. The molecule has 1 atom stereocenters. The lowest BCUT2D eigenvalue weighted by Crippen LogP contribution is -2.14. The molecule has 2 N–H and O–H groups in total. The molecule has 0 bridgehead atoms. The normalized spacial score (nSPS) is 12.3. The Labute approximate surface area is 109 Å². The standard InChI is InChI=1S/C12H14N4O3/c1-8(7-17)6-16-11(9-2-4-13-5-3-9)10(12(18)19)14-15-16/h2-5,8,17H,6-7H2,1H3,(H,18,19). The highest BCUT2D eigenvalue weighted by molar-refractivity contribution is 5.92. The Kier molecular flexibility index (Phi) is 3.86. The molecule has 7 nitrogen and oxygen atoms in total. The molecule has 2 heterocycles. The van der Waals surface area contributed by atoms with Gasteiger partial charge in [-0.3, -0.25) is 4.98 Å². The molecule has 0 fully saturated rings. The van der Waals surface area contributed by atoms with Gasteiger partial charge in [0, 0.05) is 31.1 Å². The van der Waals surface area contributed by atoms with Crippen molar-refractivity contribution in [1.82, 2.24) is 20.0 Å². The van der Waals surface area contributed by atoms with Crippen LogP contribution in [0.2, 0.25) is 0 Å². The number of carboxylic acids is 1. The van der Waals surface area contributed by atoms with Crippen molar-refractivity contribution in [2.45, 2.75) is 13.5 Å². The van der Waals surface area contributed by atoms with E-state index in [0.29, 0.717) is 17.8 Å². The van der Waals surface area contributed by atoms with E-state index >= 15 is 0 Å². The van der Waals surface area contributed by atoms with E-state index in [9.17, 15) is 4.79 Å². The molecule has 2 aromatic heterocycles. The minimum atomic E-state index is -1.13. The molecular formula is C12H14N4O3. The van der Waals surface area contributed by atoms with Gasteiger partial charge < -0.3 is 10.2 Å². The molecule has 0 saturated heterocycles. The molecule has 0 saturated carbocycles. The van der Waals surface area contributed by atoms with E-state index in [1.807, 2.05) is 6.92 Å². The number of carboxylic acid groups (broad SMARTS) is 1. The molecule has 0 radical (unpaired) electrons. The number of aliphatic hydroxyl groups is 1. The Morgan fingerprint density at radius 1 is 1.42 bits per heavy atom. The first kappa shape index (κ1) is 13.2. The number of aliphatic hydroxyl groups excluding tert-OH is 1. The summed E-state index contributed by atoms with van der Waals surface area (Å²) in [5.74, 6) is -1.17. The van der Waals surface area contributed by atoms with Crippen LogP contribution < -0.4 is 0 Å². The first-order valence-corrected chi connectivity index (χ1v) is 5.81. The highest BCUT2D eigenvalue weighted by Gasteiger charge is 2.21. The fraction of sp³-hybridized carbons (Fsp3) is 0.333. The van der Waals surface area contributed by atoms with Gasteiger partial charge in [0.2, 0.25) is 0 Å². The summed E-state index contributed by atoms with van der Waals surface area (Å²) in [7, 11) is 0. The van der Waals surface area contributed by atoms with E-state index in [-0.39, 0.29) is 18.2 Å². The van der Waals surface area contributed by atoms with Crippen molar-refractivity contribution in [1.29, 1.82) is 0 Å². The summed E-state index contributed by atoms with van der Waals surface area (Å²) >= 11 is 0. The first-order valence-electron chi connectivity index (χ1n) is 5.81. The van der Waals surface area contributed by atoms with Gasteiger partial charge in [0.25, 0.3) is 0 Å². The second-order valence-electron chi connectivity index (χ2n) is 4.30. The lowest BCUT2D eigenvalue weighted by atomic mass is 10.1. The SMILES string of the molecule is CC(CO)Cn1nnc(C(=O)O)c1-c1ccncc1. The fourth-order valence-electron chi connectivity index (χ4n) is 1.73. The van der Waals surface area contributed by atoms with Crippen molar-refractivity contribution >= 4 is 5.97 Å². The molecular weight excluding hydrogens is 248 g/mol. The smallest absolute Gasteiger partial charge is 0.358 e. The van der Waals surface area contributed by atoms with Gasteiger partial charge in [0.05, 0.1) is 0 Å². The van der Waals surface area contributed by atoms with Crippen LogP contribution in [-0.2, 0) is 6.54 Å². The van der Waals surface area contributed by atoms with Gasteiger partial charge in [-0.1, -0.05) is 12.1 Å². The minimum Gasteiger partial charge on any atom is -0.476 e. The Hall–Kier alpha value is -2.28. The van der Waals surface area contributed by atoms with Crippen LogP contribution >= 0.6 is 0 Å². The lowest BCUT2D eigenvalue weighted by Gasteiger charge is -2.10. The van der Waals surface area contributed by atoms with Gasteiger partial charge in [-0.15, -0.1) is 5.10 Å². The maximum Gasteiger partial charge on any atom is 0.358 e. The Bertz CT molecular complexity index is 568. The van der Waals surface area contributed by atoms with E-state index in [0.717, 1.165) is 0 Å². The molecule has 19 heavy (non-hydrogen) atoms. The number of pyridine rings is 1. The summed E-state index contributed by atoms with van der Waals surface area (Å²) in [6.07, 6.45) is 3.15. The molecule has 0 spiro atoms. The Morgan fingerprint density at radius 2 is 2.11 bits per heavy atom. The third-order valence-electron chi connectivity index (χ3n) is 2.69. The Morgan fingerprint density at radius 3 is 2.68 bits per heavy atom. The van der Waals surface area contributed by atoms with Crippen molar-refractivity contribution in [3.05, 3.63) is 30.2 Å². The lowest BCUT2D eigenvalue weighted by molar-refractivity contribution is 0.0691. The summed E-state index contributed by atoms with van der Waals surface area (Å²) in [6.45, 7) is 2.24. The number of aromatic carboxylic acids is 1. The van der Waals surface area contributed by atoms with E-state index in [4.69, 9.17) is 10.2 Å². The zero-order valence-electron chi connectivity index (χ0n) is 10.4. The maximum atomic E-state index is 11.2. The van der Waals surface area contributed by atoms with Crippen molar-refractivity contribution in [2.75, 3.05) is 6.61 Å². The number of rotatable bonds is 5. The van der Waals surface area contributed by atoms with E-state index in [1.165, 1.54) is 4.68 Å². The maximum absolute atomic E-state index is 11.2. The molecule has 7 heteroatoms. The van der Waals surface area contributed by atoms with Crippen LogP contribution in [0.4, 0.5) is 0 Å². The quantitative estimate of drug-likeness (QED) is 0.821. The molecule has 0 aromatic carbocycles. The Balaban J connectivity index is 2.48. The first-order chi connectivity index (χ1) is 9.13. The molecule has 0 aliphatic rings. The van der Waals surface area contributed by atoms with E-state index < -0.39 is 5.97 Å². The number of nitrogens with zero attached hydrogens (tertiary/aromatic N) is 4. The van der Waals surface area contributed by atoms with Gasteiger partial charge in [-0.2, -0.15) is 0 Å². The van der Waals surface area contributed by atoms with E-state index in [2.05, 4.69) is 15.3 Å². The third kappa shape index (κ3) is 2.76. The molecule has 1 unspecified atom stereocenters. The molecule has 0 aliphatic heterocycles. The van der Waals surface area contributed by atoms with E-state index in [1.54, 1.807) is 24.5 Å². The number of carbonyl (C=O) groups is 1. The highest BCUT2D eigenvalue weighted by atomic mass is 16.4. The summed E-state index contributed by atoms with van der Waals surface area (Å²) in [6, 6.07) is 3.40. The second-order valence-corrected chi connectivity index (χ2v) is 4.30. The summed E-state index contributed by atoms with van der Waals surface area (Å²) in [4.78, 5) is 15.1. The summed E-state index contributed by atoms with van der Waals surface area (Å²) in [5.41, 5.74) is 1.01. The highest BCUT2D eigenvalue weighted by Crippen LogP contribution is 2.22. The fourth-order valence-corrected chi connectivity index (χ4v) is 1.73. The van der Waals surface area contributed by atoms with Crippen molar-refractivity contribution in [2.24, 2.45) is 5.92 Å². The monoisotopic (exact) mass is 262 g/mol. The van der Waals surface area contributed by atoms with Crippen molar-refractivity contribution < 1.29 is 15.0 Å². The average molecular weight is 262 g/mol. The molecule has 2 aromatic rings. The molecule has 0 amide bonds. The summed E-state index contributed by atoms with van der Waals surface area (Å²) < 4.78 is 1.50. The second kappa shape index (κ2) is 5.57. The van der Waals surface area contributed by atoms with Gasteiger partial charge in [0.15, 0.2) is 5.69 Å². The largest absolute Gasteiger partial charge is 0.476 e. The molecule has 0 aliphatic carbocycles. The molecule has 2 rings (SSSR count). The van der Waals surface area contributed by atoms with Crippen molar-refractivity contribution in [3.8, 4) is 11.3 Å². The molecule has 100 valence electrons. The topological polar surface area (TPSA) is 101 Å².